The monoisotopic (exact) mass is 315 g/mol. The first-order valence-electron chi connectivity index (χ1n) is 8.77. The van der Waals surface area contributed by atoms with Gasteiger partial charge in [-0.15, -0.1) is 0 Å². The van der Waals surface area contributed by atoms with Gasteiger partial charge >= 0.3 is 0 Å². The third kappa shape index (κ3) is 3.38. The topological polar surface area (TPSA) is 53.5 Å². The van der Waals surface area contributed by atoms with Gasteiger partial charge in [0.15, 0.2) is 0 Å². The van der Waals surface area contributed by atoms with Crippen LogP contribution >= 0.6 is 0 Å². The van der Waals surface area contributed by atoms with E-state index in [0.29, 0.717) is 17.3 Å². The van der Waals surface area contributed by atoms with E-state index in [2.05, 4.69) is 11.9 Å². The summed E-state index contributed by atoms with van der Waals surface area (Å²) in [6.45, 7) is 4.54. The summed E-state index contributed by atoms with van der Waals surface area (Å²) in [4.78, 5) is 33.3. The van der Waals surface area contributed by atoms with Gasteiger partial charge in [-0.1, -0.05) is 6.92 Å². The van der Waals surface area contributed by atoms with Crippen LogP contribution in [0.3, 0.4) is 0 Å². The summed E-state index contributed by atoms with van der Waals surface area (Å²) in [6.07, 6.45) is 7.98. The van der Waals surface area contributed by atoms with Gasteiger partial charge < -0.3 is 9.80 Å². The molecular formula is C18H25N3O2. The zero-order valence-electron chi connectivity index (χ0n) is 13.8. The van der Waals surface area contributed by atoms with Crippen molar-refractivity contribution in [2.45, 2.75) is 51.5 Å². The molecule has 3 rings (SSSR count). The Labute approximate surface area is 137 Å². The smallest absolute Gasteiger partial charge is 0.272 e. The summed E-state index contributed by atoms with van der Waals surface area (Å²) in [6, 6.07) is 3.69. The molecule has 0 bridgehead atoms. The van der Waals surface area contributed by atoms with Crippen molar-refractivity contribution >= 4 is 11.8 Å². The molecule has 1 aromatic heterocycles. The Hall–Kier alpha value is -1.91. The summed E-state index contributed by atoms with van der Waals surface area (Å²) in [5.41, 5.74) is 0.978. The molecule has 2 saturated heterocycles. The molecule has 0 radical (unpaired) electrons. The number of carbonyl (C=O) groups is 2. The number of hydrogen-bond acceptors (Lipinski definition) is 3. The lowest BCUT2D eigenvalue weighted by atomic mass is 9.99. The van der Waals surface area contributed by atoms with Gasteiger partial charge in [0, 0.05) is 37.4 Å². The molecule has 2 aliphatic heterocycles. The Morgan fingerprint density at radius 2 is 1.87 bits per heavy atom. The largest absolute Gasteiger partial charge is 0.339 e. The minimum atomic E-state index is -0.0346. The number of likely N-dealkylation sites (tertiary alicyclic amines) is 2. The normalized spacial score (nSPS) is 21.5. The van der Waals surface area contributed by atoms with E-state index in [1.165, 1.54) is 6.42 Å². The average Bonchev–Trinajstić information content (AvgIpc) is 3.15. The molecular weight excluding hydrogens is 290 g/mol. The molecule has 0 aromatic carbocycles. The van der Waals surface area contributed by atoms with E-state index in [4.69, 9.17) is 0 Å². The van der Waals surface area contributed by atoms with Gasteiger partial charge in [0.2, 0.25) is 0 Å². The molecule has 0 saturated carbocycles. The van der Waals surface area contributed by atoms with Crippen LogP contribution in [0.5, 0.6) is 0 Å². The Morgan fingerprint density at radius 1 is 1.13 bits per heavy atom. The van der Waals surface area contributed by atoms with Gasteiger partial charge in [0.25, 0.3) is 11.8 Å². The molecule has 1 unspecified atom stereocenters. The van der Waals surface area contributed by atoms with Crippen molar-refractivity contribution < 1.29 is 9.59 Å². The number of nitrogens with zero attached hydrogens (tertiary/aromatic N) is 3. The van der Waals surface area contributed by atoms with E-state index in [0.717, 1.165) is 51.7 Å². The van der Waals surface area contributed by atoms with Crippen LogP contribution in [0, 0.1) is 0 Å². The van der Waals surface area contributed by atoms with E-state index in [9.17, 15) is 9.59 Å². The first-order valence-corrected chi connectivity index (χ1v) is 8.77. The Balaban J connectivity index is 1.78. The van der Waals surface area contributed by atoms with E-state index in [-0.39, 0.29) is 11.8 Å². The number of pyridine rings is 1. The quantitative estimate of drug-likeness (QED) is 0.862. The highest BCUT2D eigenvalue weighted by Gasteiger charge is 2.28. The Bertz CT molecular complexity index is 581. The second-order valence-electron chi connectivity index (χ2n) is 6.49. The lowest BCUT2D eigenvalue weighted by Gasteiger charge is -2.35. The number of rotatable bonds is 3. The third-order valence-corrected chi connectivity index (χ3v) is 4.98. The van der Waals surface area contributed by atoms with Gasteiger partial charge in [-0.2, -0.15) is 0 Å². The summed E-state index contributed by atoms with van der Waals surface area (Å²) >= 11 is 0. The minimum Gasteiger partial charge on any atom is -0.339 e. The molecule has 0 aliphatic carbocycles. The Kier molecular flexibility index (Phi) is 4.94. The highest BCUT2D eigenvalue weighted by atomic mass is 16.2. The molecule has 5 nitrogen and oxygen atoms in total. The van der Waals surface area contributed by atoms with Crippen LogP contribution in [0.4, 0.5) is 0 Å². The molecule has 2 aliphatic rings. The molecule has 1 aromatic rings. The van der Waals surface area contributed by atoms with Crippen molar-refractivity contribution in [2.24, 2.45) is 0 Å². The first kappa shape index (κ1) is 16.0. The van der Waals surface area contributed by atoms with E-state index in [1.807, 2.05) is 9.80 Å². The second-order valence-corrected chi connectivity index (χ2v) is 6.49. The van der Waals surface area contributed by atoms with Crippen molar-refractivity contribution in [2.75, 3.05) is 19.6 Å². The van der Waals surface area contributed by atoms with Crippen LogP contribution < -0.4 is 0 Å². The molecule has 2 fully saturated rings. The number of amides is 2. The van der Waals surface area contributed by atoms with Crippen LogP contribution in [0.25, 0.3) is 0 Å². The fourth-order valence-electron chi connectivity index (χ4n) is 3.62. The maximum atomic E-state index is 12.8. The summed E-state index contributed by atoms with van der Waals surface area (Å²) in [7, 11) is 0. The third-order valence-electron chi connectivity index (χ3n) is 4.98. The number of carbonyl (C=O) groups excluding carboxylic acids is 2. The number of hydrogen-bond donors (Lipinski definition) is 0. The lowest BCUT2D eigenvalue weighted by Crippen LogP contribution is -2.43. The maximum Gasteiger partial charge on any atom is 0.272 e. The van der Waals surface area contributed by atoms with Crippen molar-refractivity contribution in [3.8, 4) is 0 Å². The van der Waals surface area contributed by atoms with Crippen molar-refractivity contribution in [1.82, 2.24) is 14.8 Å². The molecule has 0 N–H and O–H groups in total. The zero-order chi connectivity index (χ0) is 16.2. The number of piperidine rings is 1. The lowest BCUT2D eigenvalue weighted by molar-refractivity contribution is 0.0602. The van der Waals surface area contributed by atoms with Crippen LogP contribution in [0.2, 0.25) is 0 Å². The molecule has 0 spiro atoms. The predicted molar refractivity (Wildman–Crippen MR) is 88.3 cm³/mol. The average molecular weight is 315 g/mol. The maximum absolute atomic E-state index is 12.8. The molecule has 2 amide bonds. The zero-order valence-corrected chi connectivity index (χ0v) is 13.8. The molecule has 5 heteroatoms. The summed E-state index contributed by atoms with van der Waals surface area (Å²) < 4.78 is 0. The van der Waals surface area contributed by atoms with Gasteiger partial charge in [-0.25, -0.2) is 0 Å². The fourth-order valence-corrected chi connectivity index (χ4v) is 3.62. The van der Waals surface area contributed by atoms with Crippen molar-refractivity contribution in [3.63, 3.8) is 0 Å². The fraction of sp³-hybridized carbons (Fsp3) is 0.611. The van der Waals surface area contributed by atoms with Crippen molar-refractivity contribution in [1.29, 1.82) is 0 Å². The number of aromatic nitrogens is 1. The van der Waals surface area contributed by atoms with Gasteiger partial charge in [-0.05, 0) is 50.7 Å². The van der Waals surface area contributed by atoms with Gasteiger partial charge in [0.1, 0.15) is 5.69 Å². The van der Waals surface area contributed by atoms with Gasteiger partial charge in [0.05, 0.1) is 0 Å². The first-order chi connectivity index (χ1) is 11.2. The van der Waals surface area contributed by atoms with Crippen LogP contribution in [0.1, 0.15) is 66.3 Å². The highest BCUT2D eigenvalue weighted by molar-refractivity contribution is 5.98. The highest BCUT2D eigenvalue weighted by Crippen LogP contribution is 2.22. The van der Waals surface area contributed by atoms with Crippen molar-refractivity contribution in [3.05, 3.63) is 29.6 Å². The van der Waals surface area contributed by atoms with Crippen LogP contribution in [0.15, 0.2) is 18.3 Å². The molecule has 1 atom stereocenters. The van der Waals surface area contributed by atoms with Crippen LogP contribution in [-0.4, -0.2) is 52.3 Å². The van der Waals surface area contributed by atoms with Crippen LogP contribution in [-0.2, 0) is 0 Å². The molecule has 3 heterocycles. The summed E-state index contributed by atoms with van der Waals surface area (Å²) in [5, 5.41) is 0. The van der Waals surface area contributed by atoms with E-state index in [1.54, 1.807) is 18.3 Å². The molecule has 124 valence electrons. The van der Waals surface area contributed by atoms with E-state index < -0.39 is 0 Å². The van der Waals surface area contributed by atoms with E-state index >= 15 is 0 Å². The Morgan fingerprint density at radius 3 is 2.61 bits per heavy atom. The van der Waals surface area contributed by atoms with Gasteiger partial charge in [-0.3, -0.25) is 14.6 Å². The molecule has 23 heavy (non-hydrogen) atoms. The predicted octanol–water partition coefficient (Wildman–Crippen LogP) is 2.72. The summed E-state index contributed by atoms with van der Waals surface area (Å²) in [5.74, 6) is -0.0164. The SMILES string of the molecule is CCC1CCCCN1C(=O)c1cc(C(=O)N2CCCC2)ccn1. The second kappa shape index (κ2) is 7.11. The minimum absolute atomic E-state index is 0.0182. The standard InChI is InChI=1S/C18H25N3O2/c1-2-15-7-3-4-12-21(15)18(23)16-13-14(8-9-19-16)17(22)20-10-5-6-11-20/h8-9,13,15H,2-7,10-12H2,1H3.